The Balaban J connectivity index is 1.90. The maximum absolute atomic E-state index is 8.61. The first kappa shape index (κ1) is 9.23. The average Bonchev–Trinajstić information content (AvgIpc) is 2.23. The summed E-state index contributed by atoms with van der Waals surface area (Å²) in [5.74, 6) is 0. The molecule has 2 heteroatoms. The lowest BCUT2D eigenvalue weighted by Gasteiger charge is -2.39. The van der Waals surface area contributed by atoms with Crippen LogP contribution in [0.5, 0.6) is 0 Å². The van der Waals surface area contributed by atoms with Crippen molar-refractivity contribution in [2.45, 2.75) is 25.4 Å². The van der Waals surface area contributed by atoms with Crippen molar-refractivity contribution in [2.75, 3.05) is 6.54 Å². The number of nitriles is 1. The second kappa shape index (κ2) is 4.26. The second-order valence-corrected chi connectivity index (χ2v) is 3.76. The minimum absolute atomic E-state index is 0.500. The first-order valence-electron chi connectivity index (χ1n) is 5.05. The molecule has 0 bridgehead atoms. The van der Waals surface area contributed by atoms with Crippen LogP contribution in [0.15, 0.2) is 30.3 Å². The Hall–Kier alpha value is -1.33. The Morgan fingerprint density at radius 2 is 2.14 bits per heavy atom. The summed E-state index contributed by atoms with van der Waals surface area (Å²) in [7, 11) is 0. The second-order valence-electron chi connectivity index (χ2n) is 3.76. The summed E-state index contributed by atoms with van der Waals surface area (Å²) >= 11 is 0. The van der Waals surface area contributed by atoms with E-state index in [9.17, 15) is 0 Å². The predicted molar refractivity (Wildman–Crippen MR) is 55.5 cm³/mol. The SMILES string of the molecule is N#CC[C@H]1CCN1Cc1ccccc1. The molecule has 2 rings (SSSR count). The zero-order chi connectivity index (χ0) is 9.80. The summed E-state index contributed by atoms with van der Waals surface area (Å²) in [6.07, 6.45) is 1.85. The molecule has 0 unspecified atom stereocenters. The molecule has 72 valence electrons. The van der Waals surface area contributed by atoms with Crippen LogP contribution in [0.2, 0.25) is 0 Å². The van der Waals surface area contributed by atoms with E-state index < -0.39 is 0 Å². The van der Waals surface area contributed by atoms with Crippen molar-refractivity contribution in [3.8, 4) is 6.07 Å². The lowest BCUT2D eigenvalue weighted by atomic mass is 9.99. The zero-order valence-electron chi connectivity index (χ0n) is 8.19. The van der Waals surface area contributed by atoms with E-state index in [0.29, 0.717) is 12.5 Å². The van der Waals surface area contributed by atoms with Crippen molar-refractivity contribution in [1.82, 2.24) is 4.90 Å². The minimum Gasteiger partial charge on any atom is -0.295 e. The molecule has 0 radical (unpaired) electrons. The quantitative estimate of drug-likeness (QED) is 0.723. The lowest BCUT2D eigenvalue weighted by molar-refractivity contribution is 0.0854. The molecule has 1 atom stereocenters. The van der Waals surface area contributed by atoms with Gasteiger partial charge in [-0.2, -0.15) is 5.26 Å². The Kier molecular flexibility index (Phi) is 2.81. The number of benzene rings is 1. The number of rotatable bonds is 3. The Bertz CT molecular complexity index is 326. The highest BCUT2D eigenvalue weighted by atomic mass is 15.2. The summed E-state index contributed by atoms with van der Waals surface area (Å²) in [5, 5.41) is 8.61. The summed E-state index contributed by atoms with van der Waals surface area (Å²) in [5.41, 5.74) is 1.34. The molecule has 0 spiro atoms. The van der Waals surface area contributed by atoms with E-state index in [4.69, 9.17) is 5.26 Å². The molecule has 14 heavy (non-hydrogen) atoms. The molecule has 1 aromatic rings. The van der Waals surface area contributed by atoms with Crippen LogP contribution in [-0.2, 0) is 6.54 Å². The Morgan fingerprint density at radius 1 is 1.36 bits per heavy atom. The van der Waals surface area contributed by atoms with E-state index in [0.717, 1.165) is 13.1 Å². The third-order valence-electron chi connectivity index (χ3n) is 2.82. The van der Waals surface area contributed by atoms with Crippen molar-refractivity contribution in [3.05, 3.63) is 35.9 Å². The van der Waals surface area contributed by atoms with Crippen LogP contribution < -0.4 is 0 Å². The maximum Gasteiger partial charge on any atom is 0.0638 e. The first-order valence-corrected chi connectivity index (χ1v) is 5.05. The normalized spacial score (nSPS) is 21.2. The highest BCUT2D eigenvalue weighted by Crippen LogP contribution is 2.22. The third-order valence-corrected chi connectivity index (χ3v) is 2.82. The fourth-order valence-corrected chi connectivity index (χ4v) is 1.86. The van der Waals surface area contributed by atoms with E-state index in [2.05, 4.69) is 35.2 Å². The summed E-state index contributed by atoms with van der Waals surface area (Å²) < 4.78 is 0. The van der Waals surface area contributed by atoms with Crippen LogP contribution in [0.4, 0.5) is 0 Å². The molecule has 1 fully saturated rings. The molecular formula is C12H14N2. The van der Waals surface area contributed by atoms with Gasteiger partial charge in [0.25, 0.3) is 0 Å². The summed E-state index contributed by atoms with van der Waals surface area (Å²) in [6.45, 7) is 2.13. The molecule has 0 aliphatic carbocycles. The lowest BCUT2D eigenvalue weighted by Crippen LogP contribution is -2.46. The molecule has 0 amide bonds. The zero-order valence-corrected chi connectivity index (χ0v) is 8.19. The van der Waals surface area contributed by atoms with Gasteiger partial charge in [0.2, 0.25) is 0 Å². The molecule has 0 N–H and O–H groups in total. The van der Waals surface area contributed by atoms with Crippen molar-refractivity contribution in [3.63, 3.8) is 0 Å². The van der Waals surface area contributed by atoms with E-state index in [1.807, 2.05) is 6.07 Å². The van der Waals surface area contributed by atoms with Gasteiger partial charge in [0.15, 0.2) is 0 Å². The molecule has 1 aliphatic heterocycles. The van der Waals surface area contributed by atoms with Gasteiger partial charge in [0, 0.05) is 19.1 Å². The smallest absolute Gasteiger partial charge is 0.0638 e. The highest BCUT2D eigenvalue weighted by Gasteiger charge is 2.26. The Morgan fingerprint density at radius 3 is 2.71 bits per heavy atom. The fraction of sp³-hybridized carbons (Fsp3) is 0.417. The van der Waals surface area contributed by atoms with Crippen molar-refractivity contribution < 1.29 is 0 Å². The molecular weight excluding hydrogens is 172 g/mol. The summed E-state index contributed by atoms with van der Waals surface area (Å²) in [6, 6.07) is 13.2. The van der Waals surface area contributed by atoms with Crippen molar-refractivity contribution >= 4 is 0 Å². The molecule has 1 heterocycles. The molecule has 0 aromatic heterocycles. The van der Waals surface area contributed by atoms with Crippen LogP contribution in [0.1, 0.15) is 18.4 Å². The van der Waals surface area contributed by atoms with Gasteiger partial charge < -0.3 is 0 Å². The van der Waals surface area contributed by atoms with Gasteiger partial charge in [-0.05, 0) is 12.0 Å². The van der Waals surface area contributed by atoms with E-state index in [-0.39, 0.29) is 0 Å². The predicted octanol–water partition coefficient (Wildman–Crippen LogP) is 2.17. The standard InChI is InChI=1S/C12H14N2/c13-8-6-12-7-9-14(12)10-11-4-2-1-3-5-11/h1-5,12H,6-7,9-10H2/t12-/m0/s1. The topological polar surface area (TPSA) is 27.0 Å². The minimum atomic E-state index is 0.500. The largest absolute Gasteiger partial charge is 0.295 e. The van der Waals surface area contributed by atoms with E-state index in [1.54, 1.807) is 0 Å². The molecule has 0 saturated carbocycles. The van der Waals surface area contributed by atoms with Gasteiger partial charge in [-0.1, -0.05) is 30.3 Å². The number of hydrogen-bond donors (Lipinski definition) is 0. The van der Waals surface area contributed by atoms with Crippen LogP contribution in [0.25, 0.3) is 0 Å². The third kappa shape index (κ3) is 1.94. The van der Waals surface area contributed by atoms with Gasteiger partial charge in [-0.25, -0.2) is 0 Å². The number of hydrogen-bond acceptors (Lipinski definition) is 2. The summed E-state index contributed by atoms with van der Waals surface area (Å²) in [4.78, 5) is 2.37. The van der Waals surface area contributed by atoms with E-state index >= 15 is 0 Å². The van der Waals surface area contributed by atoms with Crippen LogP contribution in [0, 0.1) is 11.3 Å². The number of likely N-dealkylation sites (tertiary alicyclic amines) is 1. The maximum atomic E-state index is 8.61. The molecule has 2 nitrogen and oxygen atoms in total. The van der Waals surface area contributed by atoms with Crippen LogP contribution >= 0.6 is 0 Å². The van der Waals surface area contributed by atoms with Crippen LogP contribution in [-0.4, -0.2) is 17.5 Å². The van der Waals surface area contributed by atoms with Crippen molar-refractivity contribution in [1.29, 1.82) is 5.26 Å². The van der Waals surface area contributed by atoms with E-state index in [1.165, 1.54) is 12.0 Å². The van der Waals surface area contributed by atoms with Gasteiger partial charge in [-0.3, -0.25) is 4.90 Å². The van der Waals surface area contributed by atoms with Gasteiger partial charge in [-0.15, -0.1) is 0 Å². The monoisotopic (exact) mass is 186 g/mol. The van der Waals surface area contributed by atoms with Crippen LogP contribution in [0.3, 0.4) is 0 Å². The number of nitrogens with zero attached hydrogens (tertiary/aromatic N) is 2. The van der Waals surface area contributed by atoms with Gasteiger partial charge >= 0.3 is 0 Å². The van der Waals surface area contributed by atoms with Gasteiger partial charge in [0.05, 0.1) is 12.5 Å². The van der Waals surface area contributed by atoms with Gasteiger partial charge in [0.1, 0.15) is 0 Å². The first-order chi connectivity index (χ1) is 6.90. The Labute approximate surface area is 84.8 Å². The fourth-order valence-electron chi connectivity index (χ4n) is 1.86. The molecule has 1 aromatic carbocycles. The highest BCUT2D eigenvalue weighted by molar-refractivity contribution is 5.15. The average molecular weight is 186 g/mol. The molecule has 1 aliphatic rings. The molecule has 1 saturated heterocycles. The van der Waals surface area contributed by atoms with Crippen molar-refractivity contribution in [2.24, 2.45) is 0 Å².